The normalized spacial score (nSPS) is 18.7. The summed E-state index contributed by atoms with van der Waals surface area (Å²) in [6.45, 7) is 9.24. The van der Waals surface area contributed by atoms with E-state index in [9.17, 15) is 14.7 Å². The number of ether oxygens (including phenoxy) is 3. The van der Waals surface area contributed by atoms with Crippen molar-refractivity contribution in [2.24, 2.45) is 0 Å². The molecule has 3 aromatic rings. The number of benzene rings is 3. The van der Waals surface area contributed by atoms with Crippen molar-refractivity contribution in [2.75, 3.05) is 46.0 Å². The highest BCUT2D eigenvalue weighted by Gasteiger charge is 2.45. The van der Waals surface area contributed by atoms with Gasteiger partial charge in [-0.25, -0.2) is 0 Å². The molecule has 8 nitrogen and oxygen atoms in total. The predicted octanol–water partition coefficient (Wildman–Crippen LogP) is 5.51. The number of hydrogen-bond donors (Lipinski definition) is 1. The van der Waals surface area contributed by atoms with Gasteiger partial charge in [-0.05, 0) is 66.8 Å². The SMILES string of the molecule is CCCOc1ccc(/C(O)=C2\C(=O)C(=O)N(CCCN3CCOCC3)C2c2ccc(OCc3ccccc3)cc2)cc1C. The van der Waals surface area contributed by atoms with Crippen LogP contribution in [0.25, 0.3) is 5.76 Å². The molecule has 2 heterocycles. The summed E-state index contributed by atoms with van der Waals surface area (Å²) in [5, 5.41) is 11.5. The van der Waals surface area contributed by atoms with Crippen molar-refractivity contribution < 1.29 is 28.9 Å². The van der Waals surface area contributed by atoms with E-state index in [1.807, 2.05) is 68.4 Å². The Morgan fingerprint density at radius 3 is 2.40 bits per heavy atom. The van der Waals surface area contributed by atoms with Gasteiger partial charge < -0.3 is 24.2 Å². The van der Waals surface area contributed by atoms with E-state index in [1.165, 1.54) is 0 Å². The van der Waals surface area contributed by atoms with Gasteiger partial charge in [-0.15, -0.1) is 0 Å². The van der Waals surface area contributed by atoms with Gasteiger partial charge in [-0.2, -0.15) is 0 Å². The van der Waals surface area contributed by atoms with E-state index >= 15 is 0 Å². The highest BCUT2D eigenvalue weighted by Crippen LogP contribution is 2.40. The van der Waals surface area contributed by atoms with Crippen molar-refractivity contribution in [3.63, 3.8) is 0 Å². The van der Waals surface area contributed by atoms with Crippen LogP contribution < -0.4 is 9.47 Å². The minimum absolute atomic E-state index is 0.0935. The van der Waals surface area contributed by atoms with Gasteiger partial charge in [0.2, 0.25) is 0 Å². The van der Waals surface area contributed by atoms with Crippen molar-refractivity contribution in [3.05, 3.63) is 101 Å². The highest BCUT2D eigenvalue weighted by molar-refractivity contribution is 6.46. The van der Waals surface area contributed by atoms with Gasteiger partial charge in [0, 0.05) is 31.7 Å². The number of carbonyl (C=O) groups excluding carboxylic acids is 2. The van der Waals surface area contributed by atoms with E-state index in [0.29, 0.717) is 50.7 Å². The Morgan fingerprint density at radius 1 is 0.953 bits per heavy atom. The second kappa shape index (κ2) is 14.4. The molecule has 2 saturated heterocycles. The van der Waals surface area contributed by atoms with Crippen molar-refractivity contribution in [1.82, 2.24) is 9.80 Å². The lowest BCUT2D eigenvalue weighted by Gasteiger charge is -2.29. The fourth-order valence-electron chi connectivity index (χ4n) is 5.56. The summed E-state index contributed by atoms with van der Waals surface area (Å²) < 4.78 is 17.2. The largest absolute Gasteiger partial charge is 0.507 e. The second-order valence-corrected chi connectivity index (χ2v) is 11.0. The molecule has 43 heavy (non-hydrogen) atoms. The number of aliphatic hydroxyl groups excluding tert-OH is 1. The van der Waals surface area contributed by atoms with Crippen LogP contribution in [0.2, 0.25) is 0 Å². The summed E-state index contributed by atoms with van der Waals surface area (Å²) in [6.07, 6.45) is 1.58. The van der Waals surface area contributed by atoms with Crippen LogP contribution in [0.4, 0.5) is 0 Å². The number of amides is 1. The van der Waals surface area contributed by atoms with E-state index in [-0.39, 0.29) is 11.3 Å². The number of Topliss-reactive ketones (excluding diaryl/α,β-unsaturated/α-hetero) is 1. The zero-order valence-electron chi connectivity index (χ0n) is 25.0. The summed E-state index contributed by atoms with van der Waals surface area (Å²) in [5.41, 5.74) is 3.20. The number of nitrogens with zero attached hydrogens (tertiary/aromatic N) is 2. The molecule has 0 spiro atoms. The summed E-state index contributed by atoms with van der Waals surface area (Å²) in [7, 11) is 0. The van der Waals surface area contributed by atoms with Gasteiger partial charge >= 0.3 is 0 Å². The molecule has 3 aromatic carbocycles. The van der Waals surface area contributed by atoms with Crippen molar-refractivity contribution in [3.8, 4) is 11.5 Å². The third-order valence-electron chi connectivity index (χ3n) is 7.87. The highest BCUT2D eigenvalue weighted by atomic mass is 16.5. The number of carbonyl (C=O) groups is 2. The van der Waals surface area contributed by atoms with Crippen LogP contribution in [0.1, 0.15) is 48.1 Å². The van der Waals surface area contributed by atoms with Crippen LogP contribution in [0.15, 0.2) is 78.4 Å². The molecule has 2 aliphatic rings. The maximum atomic E-state index is 13.5. The van der Waals surface area contributed by atoms with E-state index in [0.717, 1.165) is 48.5 Å². The molecular formula is C35H40N2O6. The smallest absolute Gasteiger partial charge is 0.295 e. The molecule has 1 amide bonds. The number of likely N-dealkylation sites (tertiary alicyclic amines) is 1. The lowest BCUT2D eigenvalue weighted by atomic mass is 9.94. The molecule has 0 aliphatic carbocycles. The Labute approximate surface area is 253 Å². The second-order valence-electron chi connectivity index (χ2n) is 11.0. The number of hydrogen-bond acceptors (Lipinski definition) is 7. The third kappa shape index (κ3) is 7.27. The van der Waals surface area contributed by atoms with Gasteiger partial charge in [-0.3, -0.25) is 14.5 Å². The number of aryl methyl sites for hydroxylation is 1. The quantitative estimate of drug-likeness (QED) is 0.171. The summed E-state index contributed by atoms with van der Waals surface area (Å²) >= 11 is 0. The average molecular weight is 585 g/mol. The van der Waals surface area contributed by atoms with Crippen LogP contribution in [0.3, 0.4) is 0 Å². The maximum Gasteiger partial charge on any atom is 0.295 e. The topological polar surface area (TPSA) is 88.5 Å². The molecular weight excluding hydrogens is 544 g/mol. The Kier molecular flexibility index (Phi) is 10.1. The number of aliphatic hydroxyl groups is 1. The molecule has 1 N–H and O–H groups in total. The first-order valence-electron chi connectivity index (χ1n) is 15.0. The van der Waals surface area contributed by atoms with E-state index in [2.05, 4.69) is 4.90 Å². The number of ketones is 1. The minimum atomic E-state index is -0.718. The van der Waals surface area contributed by atoms with Gasteiger partial charge in [0.15, 0.2) is 0 Å². The van der Waals surface area contributed by atoms with Crippen molar-refractivity contribution in [1.29, 1.82) is 0 Å². The molecule has 0 saturated carbocycles. The average Bonchev–Trinajstić information content (AvgIpc) is 3.29. The van der Waals surface area contributed by atoms with E-state index < -0.39 is 17.7 Å². The first-order valence-corrected chi connectivity index (χ1v) is 15.0. The lowest BCUT2D eigenvalue weighted by molar-refractivity contribution is -0.140. The van der Waals surface area contributed by atoms with E-state index in [4.69, 9.17) is 14.2 Å². The molecule has 8 heteroatoms. The standard InChI is InChI=1S/C35H40N2O6/c1-3-20-42-30-15-12-28(23-25(30)2)33(38)31-32(27-10-13-29(14-11-27)43-24-26-8-5-4-6-9-26)37(35(40)34(31)39)17-7-16-36-18-21-41-22-19-36/h4-6,8-15,23,32,38H,3,7,16-22,24H2,1-2H3/b33-31+. The monoisotopic (exact) mass is 584 g/mol. The fourth-order valence-corrected chi connectivity index (χ4v) is 5.56. The Balaban J connectivity index is 1.43. The Hall–Kier alpha value is -4.14. The molecule has 2 aliphatic heterocycles. The van der Waals surface area contributed by atoms with Crippen LogP contribution in [0.5, 0.6) is 11.5 Å². The zero-order valence-corrected chi connectivity index (χ0v) is 25.0. The third-order valence-corrected chi connectivity index (χ3v) is 7.87. The van der Waals surface area contributed by atoms with Gasteiger partial charge in [0.05, 0.1) is 31.4 Å². The van der Waals surface area contributed by atoms with Gasteiger partial charge in [0.25, 0.3) is 11.7 Å². The lowest BCUT2D eigenvalue weighted by Crippen LogP contribution is -2.38. The van der Waals surface area contributed by atoms with Crippen LogP contribution in [0, 0.1) is 6.92 Å². The van der Waals surface area contributed by atoms with Gasteiger partial charge in [0.1, 0.15) is 23.9 Å². The molecule has 1 unspecified atom stereocenters. The van der Waals surface area contributed by atoms with Crippen LogP contribution in [-0.2, 0) is 20.9 Å². The molecule has 0 bridgehead atoms. The Morgan fingerprint density at radius 2 is 1.70 bits per heavy atom. The summed E-state index contributed by atoms with van der Waals surface area (Å²) in [4.78, 5) is 30.9. The molecule has 1 atom stereocenters. The predicted molar refractivity (Wildman–Crippen MR) is 165 cm³/mol. The molecule has 5 rings (SSSR count). The molecule has 226 valence electrons. The Bertz CT molecular complexity index is 1430. The number of morpholine rings is 1. The summed E-state index contributed by atoms with van der Waals surface area (Å²) in [5.74, 6) is -0.0619. The number of rotatable bonds is 12. The first kappa shape index (κ1) is 30.3. The molecule has 0 aromatic heterocycles. The maximum absolute atomic E-state index is 13.5. The van der Waals surface area contributed by atoms with Gasteiger partial charge in [-0.1, -0.05) is 49.4 Å². The molecule has 2 fully saturated rings. The zero-order chi connectivity index (χ0) is 30.2. The van der Waals surface area contributed by atoms with E-state index in [1.54, 1.807) is 23.1 Å². The summed E-state index contributed by atoms with van der Waals surface area (Å²) in [6, 6.07) is 21.9. The van der Waals surface area contributed by atoms with Crippen LogP contribution in [-0.4, -0.2) is 72.6 Å². The van der Waals surface area contributed by atoms with Crippen molar-refractivity contribution in [2.45, 2.75) is 39.3 Å². The van der Waals surface area contributed by atoms with Crippen LogP contribution >= 0.6 is 0 Å². The van der Waals surface area contributed by atoms with Crippen molar-refractivity contribution >= 4 is 17.4 Å². The fraction of sp³-hybridized carbons (Fsp3) is 0.371. The first-order chi connectivity index (χ1) is 21.0. The molecule has 0 radical (unpaired) electrons. The minimum Gasteiger partial charge on any atom is -0.507 e.